The lowest BCUT2D eigenvalue weighted by molar-refractivity contribution is -0.140. The molecule has 0 aliphatic rings. The summed E-state index contributed by atoms with van der Waals surface area (Å²) in [4.78, 5) is 30.1. The number of hydrogen-bond donors (Lipinski definition) is 1. The third-order valence-corrected chi connectivity index (χ3v) is 10.4. The van der Waals surface area contributed by atoms with Crippen molar-refractivity contribution in [1.29, 1.82) is 0 Å². The van der Waals surface area contributed by atoms with Crippen LogP contribution in [0.5, 0.6) is 0 Å². The summed E-state index contributed by atoms with van der Waals surface area (Å²) in [6.45, 7) is 9.38. The number of carbonyl (C=O) groups excluding carboxylic acids is 2. The first-order chi connectivity index (χ1) is 22.3. The van der Waals surface area contributed by atoms with E-state index >= 15 is 0 Å². The average molecular weight is 695 g/mol. The van der Waals surface area contributed by atoms with Crippen molar-refractivity contribution in [3.8, 4) is 0 Å². The Morgan fingerprint density at radius 3 is 2.17 bits per heavy atom. The summed E-state index contributed by atoms with van der Waals surface area (Å²) >= 11 is 12.8. The zero-order valence-electron chi connectivity index (χ0n) is 27.3. The number of benzene rings is 4. The molecule has 47 heavy (non-hydrogen) atoms. The first-order valence-corrected chi connectivity index (χ1v) is 17.7. The molecule has 10 heteroatoms. The largest absolute Gasteiger partial charge is 0.354 e. The minimum Gasteiger partial charge on any atom is -0.354 e. The van der Waals surface area contributed by atoms with E-state index in [4.69, 9.17) is 23.2 Å². The van der Waals surface area contributed by atoms with Crippen molar-refractivity contribution in [1.82, 2.24) is 10.2 Å². The fourth-order valence-electron chi connectivity index (χ4n) is 5.17. The van der Waals surface area contributed by atoms with Crippen LogP contribution in [0.15, 0.2) is 95.9 Å². The van der Waals surface area contributed by atoms with Crippen molar-refractivity contribution >= 4 is 50.7 Å². The van der Waals surface area contributed by atoms with Crippen LogP contribution < -0.4 is 9.62 Å². The van der Waals surface area contributed by atoms with Crippen molar-refractivity contribution in [2.24, 2.45) is 5.92 Å². The molecular formula is C37H41Cl2N3O4S. The number of amides is 2. The second-order valence-corrected chi connectivity index (χ2v) is 14.9. The highest BCUT2D eigenvalue weighted by Gasteiger charge is 2.35. The number of rotatable bonds is 13. The summed E-state index contributed by atoms with van der Waals surface area (Å²) < 4.78 is 29.8. The van der Waals surface area contributed by atoms with Gasteiger partial charge in [-0.05, 0) is 79.3 Å². The van der Waals surface area contributed by atoms with Gasteiger partial charge in [-0.1, -0.05) is 103 Å². The third-order valence-electron chi connectivity index (χ3n) is 8.04. The number of halogens is 2. The zero-order valence-corrected chi connectivity index (χ0v) is 29.7. The second kappa shape index (κ2) is 15.8. The van der Waals surface area contributed by atoms with Gasteiger partial charge in [0.2, 0.25) is 11.8 Å². The first kappa shape index (κ1) is 36.0. The molecule has 2 amide bonds. The van der Waals surface area contributed by atoms with Crippen LogP contribution in [0, 0.1) is 26.7 Å². The van der Waals surface area contributed by atoms with Crippen LogP contribution in [0.25, 0.3) is 0 Å². The maximum Gasteiger partial charge on any atom is 0.264 e. The smallest absolute Gasteiger partial charge is 0.264 e. The molecule has 248 valence electrons. The van der Waals surface area contributed by atoms with E-state index in [0.29, 0.717) is 27.8 Å². The minimum atomic E-state index is -4.21. The molecule has 0 heterocycles. The van der Waals surface area contributed by atoms with Gasteiger partial charge in [-0.25, -0.2) is 8.42 Å². The van der Waals surface area contributed by atoms with E-state index < -0.39 is 28.5 Å². The Hall–Kier alpha value is -3.85. The van der Waals surface area contributed by atoms with Gasteiger partial charge in [0.25, 0.3) is 10.0 Å². The number of hydrogen-bond acceptors (Lipinski definition) is 4. The lowest BCUT2D eigenvalue weighted by atomic mass is 10.0. The van der Waals surface area contributed by atoms with Crippen LogP contribution >= 0.6 is 23.2 Å². The van der Waals surface area contributed by atoms with E-state index in [1.807, 2.05) is 71.0 Å². The fraction of sp³-hybridized carbons (Fsp3) is 0.297. The summed E-state index contributed by atoms with van der Waals surface area (Å²) in [7, 11) is -4.21. The van der Waals surface area contributed by atoms with Crippen LogP contribution in [0.4, 0.5) is 5.69 Å². The molecule has 0 radical (unpaired) electrons. The second-order valence-electron chi connectivity index (χ2n) is 12.1. The van der Waals surface area contributed by atoms with Gasteiger partial charge in [-0.2, -0.15) is 0 Å². The number of nitrogens with zero attached hydrogens (tertiary/aromatic N) is 2. The molecule has 0 saturated heterocycles. The fourth-order valence-corrected chi connectivity index (χ4v) is 7.11. The van der Waals surface area contributed by atoms with Gasteiger partial charge >= 0.3 is 0 Å². The van der Waals surface area contributed by atoms with Gasteiger partial charge < -0.3 is 10.2 Å². The molecule has 0 aliphatic heterocycles. The molecule has 4 rings (SSSR count). The normalized spacial score (nSPS) is 12.1. The molecule has 0 spiro atoms. The van der Waals surface area contributed by atoms with E-state index in [2.05, 4.69) is 5.32 Å². The summed E-state index contributed by atoms with van der Waals surface area (Å²) in [6, 6.07) is 25.3. The van der Waals surface area contributed by atoms with Crippen LogP contribution in [0.2, 0.25) is 10.0 Å². The van der Waals surface area contributed by atoms with Crippen molar-refractivity contribution in [2.45, 2.75) is 58.5 Å². The molecule has 4 aromatic rings. The van der Waals surface area contributed by atoms with Gasteiger partial charge in [0.05, 0.1) is 10.6 Å². The highest BCUT2D eigenvalue weighted by atomic mass is 35.5. The number of carbonyl (C=O) groups is 2. The standard InChI is InChI=1S/C37H41Cl2N3O4S/c1-25(2)22-40-37(44)35(20-29-11-7-6-8-12-29)41(23-30-16-17-31(38)21-33(30)39)36(43)24-42(34-13-9-10-27(4)28(34)5)47(45,46)32-18-14-26(3)15-19-32/h6-19,21,25,35H,20,22-24H2,1-5H3,(H,40,44)/t35-/m1/s1. The number of nitrogens with one attached hydrogen (secondary N) is 1. The van der Waals surface area contributed by atoms with Crippen molar-refractivity contribution in [2.75, 3.05) is 17.4 Å². The number of aryl methyl sites for hydroxylation is 2. The SMILES string of the molecule is Cc1ccc(S(=O)(=O)N(CC(=O)N(Cc2ccc(Cl)cc2Cl)[C@H](Cc2ccccc2)C(=O)NCC(C)C)c2cccc(C)c2C)cc1. The predicted molar refractivity (Wildman–Crippen MR) is 190 cm³/mol. The van der Waals surface area contributed by atoms with E-state index in [1.54, 1.807) is 42.5 Å². The summed E-state index contributed by atoms with van der Waals surface area (Å²) in [5, 5.41) is 3.75. The lowest BCUT2D eigenvalue weighted by Gasteiger charge is -2.34. The molecule has 0 fully saturated rings. The van der Waals surface area contributed by atoms with Gasteiger partial charge in [0, 0.05) is 29.6 Å². The lowest BCUT2D eigenvalue weighted by Crippen LogP contribution is -2.53. The van der Waals surface area contributed by atoms with Crippen LogP contribution in [-0.4, -0.2) is 44.3 Å². The van der Waals surface area contributed by atoms with Crippen molar-refractivity contribution in [3.05, 3.63) is 129 Å². The molecule has 0 unspecified atom stereocenters. The Morgan fingerprint density at radius 1 is 0.851 bits per heavy atom. The Bertz CT molecular complexity index is 1810. The Balaban J connectivity index is 1.85. The highest BCUT2D eigenvalue weighted by Crippen LogP contribution is 2.30. The highest BCUT2D eigenvalue weighted by molar-refractivity contribution is 7.92. The van der Waals surface area contributed by atoms with E-state index in [0.717, 1.165) is 26.6 Å². The minimum absolute atomic E-state index is 0.0490. The molecular weight excluding hydrogens is 653 g/mol. The Kier molecular flexibility index (Phi) is 12.1. The summed E-state index contributed by atoms with van der Waals surface area (Å²) in [5.41, 5.74) is 4.29. The first-order valence-electron chi connectivity index (χ1n) is 15.5. The van der Waals surface area contributed by atoms with Gasteiger partial charge in [0.15, 0.2) is 0 Å². The molecule has 0 saturated carbocycles. The summed E-state index contributed by atoms with van der Waals surface area (Å²) in [6.07, 6.45) is 0.204. The van der Waals surface area contributed by atoms with Crippen molar-refractivity contribution < 1.29 is 18.0 Å². The molecule has 0 aromatic heterocycles. The average Bonchev–Trinajstić information content (AvgIpc) is 3.03. The Labute approximate surface area is 288 Å². The van der Waals surface area contributed by atoms with E-state index in [9.17, 15) is 18.0 Å². The van der Waals surface area contributed by atoms with Gasteiger partial charge in [-0.15, -0.1) is 0 Å². The zero-order chi connectivity index (χ0) is 34.3. The monoisotopic (exact) mass is 693 g/mol. The van der Waals surface area contributed by atoms with Crippen LogP contribution in [-0.2, 0) is 32.6 Å². The van der Waals surface area contributed by atoms with Gasteiger partial charge in [0.1, 0.15) is 12.6 Å². The number of anilines is 1. The summed E-state index contributed by atoms with van der Waals surface area (Å²) in [5.74, 6) is -0.737. The van der Waals surface area contributed by atoms with Crippen molar-refractivity contribution in [3.63, 3.8) is 0 Å². The molecule has 0 bridgehead atoms. The number of sulfonamides is 1. The van der Waals surface area contributed by atoms with E-state index in [-0.39, 0.29) is 29.7 Å². The Morgan fingerprint density at radius 2 is 1.53 bits per heavy atom. The predicted octanol–water partition coefficient (Wildman–Crippen LogP) is 7.53. The third kappa shape index (κ3) is 9.15. The van der Waals surface area contributed by atoms with E-state index in [1.165, 1.54) is 17.0 Å². The molecule has 7 nitrogen and oxygen atoms in total. The van der Waals surface area contributed by atoms with Crippen LogP contribution in [0.1, 0.15) is 41.7 Å². The molecule has 1 atom stereocenters. The van der Waals surface area contributed by atoms with Gasteiger partial charge in [-0.3, -0.25) is 13.9 Å². The molecule has 1 N–H and O–H groups in total. The maximum absolute atomic E-state index is 14.7. The quantitative estimate of drug-likeness (QED) is 0.157. The molecule has 0 aliphatic carbocycles. The van der Waals surface area contributed by atoms with Crippen LogP contribution in [0.3, 0.4) is 0 Å². The molecule has 4 aromatic carbocycles. The topological polar surface area (TPSA) is 86.8 Å². The maximum atomic E-state index is 14.7.